The summed E-state index contributed by atoms with van der Waals surface area (Å²) in [5.41, 5.74) is 3.98. The molecule has 0 fully saturated rings. The lowest BCUT2D eigenvalue weighted by Gasteiger charge is -2.18. The van der Waals surface area contributed by atoms with E-state index in [-0.39, 0.29) is 24.9 Å². The number of nitrogens with one attached hydrogen (secondary N) is 2. The van der Waals surface area contributed by atoms with Crippen molar-refractivity contribution in [2.45, 2.75) is 20.8 Å². The molecule has 0 saturated carbocycles. The van der Waals surface area contributed by atoms with Crippen LogP contribution in [0.25, 0.3) is 0 Å². The summed E-state index contributed by atoms with van der Waals surface area (Å²) in [7, 11) is 0. The van der Waals surface area contributed by atoms with Crippen LogP contribution in [-0.2, 0) is 9.59 Å². The van der Waals surface area contributed by atoms with E-state index in [1.54, 1.807) is 12.2 Å². The lowest BCUT2D eigenvalue weighted by molar-refractivity contribution is -0.124. The predicted molar refractivity (Wildman–Crippen MR) is 99.1 cm³/mol. The number of amides is 2. The van der Waals surface area contributed by atoms with E-state index < -0.39 is 0 Å². The summed E-state index contributed by atoms with van der Waals surface area (Å²) >= 11 is 0. The van der Waals surface area contributed by atoms with E-state index in [2.05, 4.69) is 23.8 Å². The van der Waals surface area contributed by atoms with Gasteiger partial charge in [0.1, 0.15) is 0 Å². The van der Waals surface area contributed by atoms with Crippen LogP contribution >= 0.6 is 0 Å². The zero-order valence-electron chi connectivity index (χ0n) is 14.8. The summed E-state index contributed by atoms with van der Waals surface area (Å²) in [5.74, 6) is -0.441. The zero-order chi connectivity index (χ0) is 18.1. The van der Waals surface area contributed by atoms with Crippen LogP contribution in [-0.4, -0.2) is 42.9 Å². The van der Waals surface area contributed by atoms with E-state index in [1.165, 1.54) is 0 Å². The van der Waals surface area contributed by atoms with E-state index in [1.807, 2.05) is 37.8 Å². The van der Waals surface area contributed by atoms with Crippen LogP contribution < -0.4 is 10.6 Å². The highest BCUT2D eigenvalue weighted by Crippen LogP contribution is 2.21. The first-order valence-electron chi connectivity index (χ1n) is 7.96. The molecule has 5 heteroatoms. The van der Waals surface area contributed by atoms with Crippen molar-refractivity contribution in [2.24, 2.45) is 0 Å². The number of benzene rings is 1. The molecule has 0 saturated heterocycles. The molecular weight excluding hydrogens is 302 g/mol. The van der Waals surface area contributed by atoms with Crippen LogP contribution in [0.4, 0.5) is 5.69 Å². The maximum Gasteiger partial charge on any atom is 0.243 e. The SMILES string of the molecule is C=CCN(CC=C)CC(=O)NCC(=O)Nc1c(C)cc(C)cc1C. The topological polar surface area (TPSA) is 61.4 Å². The molecule has 0 aliphatic heterocycles. The van der Waals surface area contributed by atoms with E-state index >= 15 is 0 Å². The molecule has 1 aromatic carbocycles. The molecule has 0 aliphatic carbocycles. The van der Waals surface area contributed by atoms with Gasteiger partial charge < -0.3 is 10.6 Å². The maximum absolute atomic E-state index is 12.1. The largest absolute Gasteiger partial charge is 0.346 e. The average Bonchev–Trinajstić information content (AvgIpc) is 2.49. The lowest BCUT2D eigenvalue weighted by atomic mass is 10.1. The first-order valence-corrected chi connectivity index (χ1v) is 7.96. The van der Waals surface area contributed by atoms with E-state index in [4.69, 9.17) is 0 Å². The van der Waals surface area contributed by atoms with Crippen molar-refractivity contribution >= 4 is 17.5 Å². The number of nitrogens with zero attached hydrogens (tertiary/aromatic N) is 1. The Morgan fingerprint density at radius 3 is 2.08 bits per heavy atom. The Labute approximate surface area is 144 Å². The number of anilines is 1. The Morgan fingerprint density at radius 1 is 1.04 bits per heavy atom. The number of aryl methyl sites for hydroxylation is 3. The quantitative estimate of drug-likeness (QED) is 0.684. The minimum absolute atomic E-state index is 0.0540. The van der Waals surface area contributed by atoms with Crippen LogP contribution in [0.3, 0.4) is 0 Å². The molecule has 0 radical (unpaired) electrons. The fourth-order valence-electron chi connectivity index (χ4n) is 2.57. The fourth-order valence-corrected chi connectivity index (χ4v) is 2.57. The summed E-state index contributed by atoms with van der Waals surface area (Å²) in [4.78, 5) is 25.9. The van der Waals surface area contributed by atoms with Crippen molar-refractivity contribution in [3.63, 3.8) is 0 Å². The van der Waals surface area contributed by atoms with Gasteiger partial charge >= 0.3 is 0 Å². The normalized spacial score (nSPS) is 10.3. The van der Waals surface area contributed by atoms with Crippen molar-refractivity contribution in [1.29, 1.82) is 0 Å². The minimum atomic E-state index is -0.239. The van der Waals surface area contributed by atoms with Crippen molar-refractivity contribution < 1.29 is 9.59 Å². The Kier molecular flexibility index (Phi) is 7.92. The molecule has 1 aromatic rings. The van der Waals surface area contributed by atoms with Crippen LogP contribution in [0.15, 0.2) is 37.4 Å². The minimum Gasteiger partial charge on any atom is -0.346 e. The highest BCUT2D eigenvalue weighted by molar-refractivity contribution is 5.96. The van der Waals surface area contributed by atoms with E-state index in [9.17, 15) is 9.59 Å². The number of carbonyl (C=O) groups excluding carboxylic acids is 2. The van der Waals surface area contributed by atoms with Gasteiger partial charge in [-0.05, 0) is 31.9 Å². The van der Waals surface area contributed by atoms with Crippen LogP contribution in [0.1, 0.15) is 16.7 Å². The molecule has 0 bridgehead atoms. The molecule has 0 heterocycles. The third kappa shape index (κ3) is 6.38. The monoisotopic (exact) mass is 329 g/mol. The molecule has 130 valence electrons. The van der Waals surface area contributed by atoms with Gasteiger partial charge in [0.25, 0.3) is 0 Å². The Morgan fingerprint density at radius 2 is 1.58 bits per heavy atom. The third-order valence-electron chi connectivity index (χ3n) is 3.53. The standard InChI is InChI=1S/C19H27N3O2/c1-6-8-22(9-7-2)13-18(24)20-12-17(23)21-19-15(4)10-14(3)11-16(19)5/h6-7,10-11H,1-2,8-9,12-13H2,3-5H3,(H,20,24)(H,21,23). The van der Waals surface area contributed by atoms with Gasteiger partial charge in [0.2, 0.25) is 11.8 Å². The predicted octanol–water partition coefficient (Wildman–Crippen LogP) is 2.34. The summed E-state index contributed by atoms with van der Waals surface area (Å²) in [6.45, 7) is 14.6. The average molecular weight is 329 g/mol. The third-order valence-corrected chi connectivity index (χ3v) is 3.53. The second kappa shape index (κ2) is 9.67. The zero-order valence-corrected chi connectivity index (χ0v) is 14.8. The lowest BCUT2D eigenvalue weighted by Crippen LogP contribution is -2.40. The van der Waals surface area contributed by atoms with Gasteiger partial charge in [-0.3, -0.25) is 14.5 Å². The molecule has 5 nitrogen and oxygen atoms in total. The highest BCUT2D eigenvalue weighted by atomic mass is 16.2. The Hall–Kier alpha value is -2.40. The molecule has 0 unspecified atom stereocenters. The van der Waals surface area contributed by atoms with E-state index in [0.29, 0.717) is 13.1 Å². The highest BCUT2D eigenvalue weighted by Gasteiger charge is 2.11. The van der Waals surface area contributed by atoms with Crippen molar-refractivity contribution in [2.75, 3.05) is 31.5 Å². The van der Waals surface area contributed by atoms with Gasteiger partial charge in [0, 0.05) is 18.8 Å². The van der Waals surface area contributed by atoms with Crippen molar-refractivity contribution in [3.05, 3.63) is 54.1 Å². The molecule has 1 rings (SSSR count). The summed E-state index contributed by atoms with van der Waals surface area (Å²) in [6.07, 6.45) is 3.46. The molecule has 2 amide bonds. The molecule has 0 aliphatic rings. The van der Waals surface area contributed by atoms with Crippen LogP contribution in [0.5, 0.6) is 0 Å². The molecule has 0 atom stereocenters. The van der Waals surface area contributed by atoms with Crippen molar-refractivity contribution in [3.8, 4) is 0 Å². The molecule has 2 N–H and O–H groups in total. The molecule has 0 spiro atoms. The first-order chi connectivity index (χ1) is 11.4. The van der Waals surface area contributed by atoms with Crippen LogP contribution in [0, 0.1) is 20.8 Å². The van der Waals surface area contributed by atoms with Gasteiger partial charge in [0.05, 0.1) is 13.1 Å². The Bertz CT molecular complexity index is 590. The van der Waals surface area contributed by atoms with Crippen LogP contribution in [0.2, 0.25) is 0 Å². The van der Waals surface area contributed by atoms with E-state index in [0.717, 1.165) is 22.4 Å². The fraction of sp³-hybridized carbons (Fsp3) is 0.368. The van der Waals surface area contributed by atoms with Crippen molar-refractivity contribution in [1.82, 2.24) is 10.2 Å². The molecule has 0 aromatic heterocycles. The van der Waals surface area contributed by atoms with Gasteiger partial charge in [0.15, 0.2) is 0 Å². The second-order valence-electron chi connectivity index (χ2n) is 5.87. The first kappa shape index (κ1) is 19.6. The smallest absolute Gasteiger partial charge is 0.243 e. The summed E-state index contributed by atoms with van der Waals surface area (Å²) < 4.78 is 0. The van der Waals surface area contributed by atoms with Gasteiger partial charge in [-0.15, -0.1) is 13.2 Å². The number of carbonyl (C=O) groups is 2. The maximum atomic E-state index is 12.1. The summed E-state index contributed by atoms with van der Waals surface area (Å²) in [6, 6.07) is 4.03. The second-order valence-corrected chi connectivity index (χ2v) is 5.87. The number of hydrogen-bond acceptors (Lipinski definition) is 3. The van der Waals surface area contributed by atoms with Gasteiger partial charge in [-0.2, -0.15) is 0 Å². The van der Waals surface area contributed by atoms with Gasteiger partial charge in [-0.25, -0.2) is 0 Å². The molecular formula is C19H27N3O2. The van der Waals surface area contributed by atoms with Gasteiger partial charge in [-0.1, -0.05) is 29.8 Å². The Balaban J connectivity index is 2.53. The number of hydrogen-bond donors (Lipinski definition) is 2. The molecule has 24 heavy (non-hydrogen) atoms. The number of rotatable bonds is 9. The summed E-state index contributed by atoms with van der Waals surface area (Å²) in [5, 5.41) is 5.50.